The Bertz CT molecular complexity index is 834. The van der Waals surface area contributed by atoms with E-state index in [1.807, 2.05) is 48.5 Å². The molecule has 0 fully saturated rings. The fourth-order valence-corrected chi connectivity index (χ4v) is 2.81. The summed E-state index contributed by atoms with van der Waals surface area (Å²) in [6, 6.07) is 19.7. The van der Waals surface area contributed by atoms with Gasteiger partial charge in [-0.1, -0.05) is 48.5 Å². The summed E-state index contributed by atoms with van der Waals surface area (Å²) in [5.41, 5.74) is 2.77. The number of carbonyl (C=O) groups is 1. The van der Waals surface area contributed by atoms with Gasteiger partial charge in [-0.3, -0.25) is 0 Å². The third-order valence-electron chi connectivity index (χ3n) is 3.80. The minimum atomic E-state index is -0.268. The fraction of sp³-hybridized carbons (Fsp3) is 0.0556. The lowest BCUT2D eigenvalue weighted by molar-refractivity contribution is 0.0736. The quantitative estimate of drug-likeness (QED) is 0.451. The van der Waals surface area contributed by atoms with Gasteiger partial charge in [0.1, 0.15) is 5.75 Å². The van der Waals surface area contributed by atoms with Crippen molar-refractivity contribution in [1.82, 2.24) is 0 Å². The second-order valence-corrected chi connectivity index (χ2v) is 4.99. The molecule has 2 nitrogen and oxygen atoms in total. The zero-order valence-electron chi connectivity index (χ0n) is 10.8. The van der Waals surface area contributed by atoms with Crippen molar-refractivity contribution in [2.24, 2.45) is 0 Å². The average molecular weight is 260 g/mol. The first-order valence-corrected chi connectivity index (χ1v) is 6.63. The van der Waals surface area contributed by atoms with Crippen molar-refractivity contribution in [2.75, 3.05) is 0 Å². The van der Waals surface area contributed by atoms with E-state index in [4.69, 9.17) is 4.74 Å². The molecule has 1 aliphatic rings. The Balaban J connectivity index is 2.03. The molecule has 0 aromatic heterocycles. The summed E-state index contributed by atoms with van der Waals surface area (Å²) >= 11 is 0. The third-order valence-corrected chi connectivity index (χ3v) is 3.80. The van der Waals surface area contributed by atoms with E-state index in [2.05, 4.69) is 12.1 Å². The van der Waals surface area contributed by atoms with Gasteiger partial charge in [-0.05, 0) is 34.0 Å². The van der Waals surface area contributed by atoms with Crippen LogP contribution in [0.25, 0.3) is 10.8 Å². The average Bonchev–Trinajstić information content (AvgIpc) is 2.63. The molecule has 1 aliphatic heterocycles. The summed E-state index contributed by atoms with van der Waals surface area (Å²) < 4.78 is 5.49. The van der Waals surface area contributed by atoms with Gasteiger partial charge >= 0.3 is 5.97 Å². The summed E-state index contributed by atoms with van der Waals surface area (Å²) in [5.74, 6) is 0.397. The van der Waals surface area contributed by atoms with Crippen LogP contribution in [0.5, 0.6) is 5.75 Å². The minimum absolute atomic E-state index is 0.268. The molecule has 0 N–H and O–H groups in total. The lowest BCUT2D eigenvalue weighted by Gasteiger charge is -2.08. The predicted octanol–water partition coefficient (Wildman–Crippen LogP) is 3.96. The van der Waals surface area contributed by atoms with Crippen LogP contribution in [0.4, 0.5) is 0 Å². The van der Waals surface area contributed by atoms with Crippen LogP contribution in [0.1, 0.15) is 21.5 Å². The third kappa shape index (κ3) is 1.62. The van der Waals surface area contributed by atoms with Crippen LogP contribution >= 0.6 is 0 Å². The summed E-state index contributed by atoms with van der Waals surface area (Å²) in [4.78, 5) is 12.3. The molecule has 0 radical (unpaired) electrons. The van der Waals surface area contributed by atoms with Gasteiger partial charge in [0.2, 0.25) is 0 Å². The molecule has 2 heteroatoms. The van der Waals surface area contributed by atoms with Crippen molar-refractivity contribution in [3.05, 3.63) is 77.4 Å². The molecule has 0 unspecified atom stereocenters. The van der Waals surface area contributed by atoms with Crippen molar-refractivity contribution in [1.29, 1.82) is 0 Å². The number of hydrogen-bond acceptors (Lipinski definition) is 2. The molecule has 0 atom stereocenters. The van der Waals surface area contributed by atoms with Gasteiger partial charge in [-0.25, -0.2) is 4.79 Å². The van der Waals surface area contributed by atoms with Crippen LogP contribution in [0.2, 0.25) is 0 Å². The number of carbonyl (C=O) groups excluding carboxylic acids is 1. The lowest BCUT2D eigenvalue weighted by atomic mass is 9.94. The van der Waals surface area contributed by atoms with Crippen molar-refractivity contribution < 1.29 is 9.53 Å². The Morgan fingerprint density at radius 2 is 1.65 bits per heavy atom. The molecule has 4 rings (SSSR count). The van der Waals surface area contributed by atoms with E-state index in [1.165, 1.54) is 0 Å². The molecule has 0 aliphatic carbocycles. The number of ether oxygens (including phenoxy) is 1. The summed E-state index contributed by atoms with van der Waals surface area (Å²) in [7, 11) is 0. The number of rotatable bonds is 0. The summed E-state index contributed by atoms with van der Waals surface area (Å²) in [5, 5.41) is 2.28. The zero-order chi connectivity index (χ0) is 13.5. The zero-order valence-corrected chi connectivity index (χ0v) is 10.8. The van der Waals surface area contributed by atoms with Crippen LogP contribution in [-0.2, 0) is 6.42 Å². The molecule has 1 heterocycles. The first-order valence-electron chi connectivity index (χ1n) is 6.63. The van der Waals surface area contributed by atoms with Gasteiger partial charge in [0.05, 0.1) is 5.56 Å². The molecule has 96 valence electrons. The van der Waals surface area contributed by atoms with Gasteiger partial charge in [0.15, 0.2) is 0 Å². The molecule has 0 amide bonds. The van der Waals surface area contributed by atoms with E-state index in [0.29, 0.717) is 11.3 Å². The molecule has 3 aromatic rings. The predicted molar refractivity (Wildman–Crippen MR) is 78.2 cm³/mol. The second kappa shape index (κ2) is 4.20. The maximum atomic E-state index is 12.3. The molecular weight excluding hydrogens is 248 g/mol. The van der Waals surface area contributed by atoms with Crippen LogP contribution in [0.3, 0.4) is 0 Å². The monoisotopic (exact) mass is 260 g/mol. The number of hydrogen-bond donors (Lipinski definition) is 0. The normalized spacial score (nSPS) is 13.3. The topological polar surface area (TPSA) is 26.3 Å². The van der Waals surface area contributed by atoms with Crippen LogP contribution in [0.15, 0.2) is 60.7 Å². The first-order chi connectivity index (χ1) is 9.83. The highest BCUT2D eigenvalue weighted by atomic mass is 16.5. The lowest BCUT2D eigenvalue weighted by Crippen LogP contribution is -2.08. The SMILES string of the molecule is O=C1Oc2ccccc2Cc2c1ccc1ccccc21. The summed E-state index contributed by atoms with van der Waals surface area (Å²) in [6.45, 7) is 0. The number of fused-ring (bicyclic) bond motifs is 4. The number of esters is 1. The van der Waals surface area contributed by atoms with E-state index in [-0.39, 0.29) is 5.97 Å². The van der Waals surface area contributed by atoms with E-state index < -0.39 is 0 Å². The molecule has 0 saturated heterocycles. The molecular formula is C18H12O2. The Hall–Kier alpha value is -2.61. The van der Waals surface area contributed by atoms with Gasteiger partial charge in [0, 0.05) is 6.42 Å². The van der Waals surface area contributed by atoms with Crippen molar-refractivity contribution >= 4 is 16.7 Å². The molecule has 20 heavy (non-hydrogen) atoms. The first kappa shape index (κ1) is 11.2. The summed E-state index contributed by atoms with van der Waals surface area (Å²) in [6.07, 6.45) is 0.721. The van der Waals surface area contributed by atoms with Gasteiger partial charge in [-0.2, -0.15) is 0 Å². The van der Waals surface area contributed by atoms with Crippen molar-refractivity contribution in [2.45, 2.75) is 6.42 Å². The fourth-order valence-electron chi connectivity index (χ4n) is 2.81. The molecule has 0 spiro atoms. The highest BCUT2D eigenvalue weighted by molar-refractivity contribution is 6.00. The molecule has 3 aromatic carbocycles. The van der Waals surface area contributed by atoms with E-state index >= 15 is 0 Å². The highest BCUT2D eigenvalue weighted by Crippen LogP contribution is 2.32. The maximum Gasteiger partial charge on any atom is 0.343 e. The van der Waals surface area contributed by atoms with E-state index in [9.17, 15) is 4.79 Å². The largest absolute Gasteiger partial charge is 0.423 e. The Kier molecular flexibility index (Phi) is 2.36. The molecule has 0 saturated carbocycles. The van der Waals surface area contributed by atoms with Crippen LogP contribution < -0.4 is 4.74 Å². The number of benzene rings is 3. The van der Waals surface area contributed by atoms with Crippen molar-refractivity contribution in [3.63, 3.8) is 0 Å². The van der Waals surface area contributed by atoms with Crippen LogP contribution in [0, 0.1) is 0 Å². The Morgan fingerprint density at radius 1 is 0.850 bits per heavy atom. The van der Waals surface area contributed by atoms with Gasteiger partial charge < -0.3 is 4.74 Å². The van der Waals surface area contributed by atoms with E-state index in [0.717, 1.165) is 28.3 Å². The van der Waals surface area contributed by atoms with Crippen LogP contribution in [-0.4, -0.2) is 5.97 Å². The van der Waals surface area contributed by atoms with Gasteiger partial charge in [-0.15, -0.1) is 0 Å². The Labute approximate surface area is 116 Å². The van der Waals surface area contributed by atoms with Gasteiger partial charge in [0.25, 0.3) is 0 Å². The maximum absolute atomic E-state index is 12.3. The second-order valence-electron chi connectivity index (χ2n) is 4.99. The minimum Gasteiger partial charge on any atom is -0.423 e. The standard InChI is InChI=1S/C18H12O2/c19-18-15-10-9-12-5-1-3-7-14(12)16(15)11-13-6-2-4-8-17(13)20-18/h1-10H,11H2. The smallest absolute Gasteiger partial charge is 0.343 e. The Morgan fingerprint density at radius 3 is 2.60 bits per heavy atom. The van der Waals surface area contributed by atoms with Crippen molar-refractivity contribution in [3.8, 4) is 5.75 Å². The molecule has 0 bridgehead atoms. The highest BCUT2D eigenvalue weighted by Gasteiger charge is 2.22. The van der Waals surface area contributed by atoms with E-state index in [1.54, 1.807) is 0 Å². The number of para-hydroxylation sites is 1.